The number of nitro benzene ring substituents is 1. The molecule has 2 amide bonds. The summed E-state index contributed by atoms with van der Waals surface area (Å²) in [6, 6.07) is 10.7. The summed E-state index contributed by atoms with van der Waals surface area (Å²) >= 11 is 0. The summed E-state index contributed by atoms with van der Waals surface area (Å²) in [5.74, 6) is -0.972. The molecule has 2 aromatic carbocycles. The van der Waals surface area contributed by atoms with Crippen LogP contribution in [0.25, 0.3) is 0 Å². The van der Waals surface area contributed by atoms with Crippen LogP contribution in [0.15, 0.2) is 47.6 Å². The lowest BCUT2D eigenvalue weighted by atomic mass is 10.1. The zero-order chi connectivity index (χ0) is 19.8. The molecule has 0 saturated heterocycles. The molecule has 0 saturated carbocycles. The number of rotatable bonds is 6. The zero-order valence-corrected chi connectivity index (χ0v) is 14.5. The number of esters is 1. The molecule has 0 aromatic heterocycles. The minimum atomic E-state index is -0.697. The van der Waals surface area contributed by atoms with Crippen LogP contribution in [-0.4, -0.2) is 30.2 Å². The third kappa shape index (κ3) is 5.26. The summed E-state index contributed by atoms with van der Waals surface area (Å²) in [5, 5.41) is 17.6. The summed E-state index contributed by atoms with van der Waals surface area (Å²) < 4.78 is 9.90. The Morgan fingerprint density at radius 3 is 2.48 bits per heavy atom. The molecular weight excluding hydrogens is 356 g/mol. The van der Waals surface area contributed by atoms with Crippen LogP contribution in [0.1, 0.15) is 12.5 Å². The summed E-state index contributed by atoms with van der Waals surface area (Å²) in [6.45, 7) is 1.16. The van der Waals surface area contributed by atoms with Gasteiger partial charge in [0.1, 0.15) is 0 Å². The van der Waals surface area contributed by atoms with E-state index in [2.05, 4.69) is 15.8 Å². The van der Waals surface area contributed by atoms with Gasteiger partial charge in [0.25, 0.3) is 0 Å². The van der Waals surface area contributed by atoms with Crippen molar-refractivity contribution < 1.29 is 24.0 Å². The maximum Gasteiger partial charge on any atom is 0.339 e. The van der Waals surface area contributed by atoms with Crippen LogP contribution in [-0.2, 0) is 4.79 Å². The Morgan fingerprint density at radius 1 is 1.19 bits per heavy atom. The summed E-state index contributed by atoms with van der Waals surface area (Å²) in [4.78, 5) is 33.6. The van der Waals surface area contributed by atoms with Gasteiger partial charge in [-0.2, -0.15) is 5.10 Å². The van der Waals surface area contributed by atoms with Crippen molar-refractivity contribution in [1.82, 2.24) is 5.43 Å². The Hall–Kier alpha value is -3.95. The molecule has 0 radical (unpaired) electrons. The van der Waals surface area contributed by atoms with Gasteiger partial charge in [-0.1, -0.05) is 18.2 Å². The van der Waals surface area contributed by atoms with Crippen LogP contribution in [0, 0.1) is 10.1 Å². The van der Waals surface area contributed by atoms with Crippen molar-refractivity contribution in [3.05, 3.63) is 58.1 Å². The largest absolute Gasteiger partial charge is 0.488 e. The number of hydrazone groups is 1. The first kappa shape index (κ1) is 19.4. The number of ether oxygens (including phenoxy) is 2. The quantitative estimate of drug-likeness (QED) is 0.263. The van der Waals surface area contributed by atoms with Gasteiger partial charge in [0.05, 0.1) is 23.8 Å². The van der Waals surface area contributed by atoms with Gasteiger partial charge in [-0.15, -0.1) is 0 Å². The van der Waals surface area contributed by atoms with Crippen LogP contribution in [0.5, 0.6) is 11.5 Å². The molecule has 10 heteroatoms. The van der Waals surface area contributed by atoms with Crippen molar-refractivity contribution in [2.45, 2.75) is 6.92 Å². The first-order valence-electron chi connectivity index (χ1n) is 7.61. The van der Waals surface area contributed by atoms with Crippen molar-refractivity contribution in [2.75, 3.05) is 12.4 Å². The molecule has 0 aliphatic heterocycles. The molecule has 10 nitrogen and oxygen atoms in total. The summed E-state index contributed by atoms with van der Waals surface area (Å²) in [7, 11) is 1.21. The molecule has 0 atom stereocenters. The molecule has 2 N–H and O–H groups in total. The molecule has 0 unspecified atom stereocenters. The number of carbonyl (C=O) groups excluding carboxylic acids is 2. The number of para-hydroxylation sites is 1. The van der Waals surface area contributed by atoms with Gasteiger partial charge in [-0.25, -0.2) is 10.2 Å². The number of carbonyl (C=O) groups is 2. The van der Waals surface area contributed by atoms with E-state index < -0.39 is 22.6 Å². The van der Waals surface area contributed by atoms with Crippen molar-refractivity contribution in [3.8, 4) is 11.5 Å². The molecule has 2 aromatic rings. The summed E-state index contributed by atoms with van der Waals surface area (Å²) in [5.41, 5.74) is 2.35. The Balaban J connectivity index is 2.19. The highest BCUT2D eigenvalue weighted by Gasteiger charge is 2.25. The van der Waals surface area contributed by atoms with E-state index in [-0.39, 0.29) is 17.1 Å². The second-order valence-electron chi connectivity index (χ2n) is 5.08. The number of amides is 2. The molecular formula is C17H16N4O6. The number of benzene rings is 2. The fraction of sp³-hybridized carbons (Fsp3) is 0.118. The standard InChI is InChI=1S/C17H16N4O6/c1-11(22)27-14-9-8-12(15(21(24)25)16(14)26-2)10-18-20-17(23)19-13-6-4-3-5-7-13/h3-10H,1-2H3,(H2,19,20,23)/b18-10-. The Labute approximate surface area is 153 Å². The van der Waals surface area contributed by atoms with E-state index in [0.29, 0.717) is 5.69 Å². The summed E-state index contributed by atoms with van der Waals surface area (Å²) in [6.07, 6.45) is 1.09. The zero-order valence-electron chi connectivity index (χ0n) is 14.5. The molecule has 2 rings (SSSR count). The third-order valence-corrected chi connectivity index (χ3v) is 3.17. The van der Waals surface area contributed by atoms with E-state index in [1.165, 1.54) is 19.2 Å². The van der Waals surface area contributed by atoms with Gasteiger partial charge in [0, 0.05) is 12.6 Å². The molecule has 27 heavy (non-hydrogen) atoms. The highest BCUT2D eigenvalue weighted by Crippen LogP contribution is 2.39. The van der Waals surface area contributed by atoms with Gasteiger partial charge >= 0.3 is 17.7 Å². The van der Waals surface area contributed by atoms with Crippen molar-refractivity contribution >= 4 is 29.6 Å². The molecule has 0 heterocycles. The molecule has 0 bridgehead atoms. The monoisotopic (exact) mass is 372 g/mol. The first-order valence-corrected chi connectivity index (χ1v) is 7.61. The van der Waals surface area contributed by atoms with E-state index in [4.69, 9.17) is 9.47 Å². The average Bonchev–Trinajstić information content (AvgIpc) is 2.62. The molecule has 0 aliphatic rings. The second-order valence-corrected chi connectivity index (χ2v) is 5.08. The maximum atomic E-state index is 11.8. The highest BCUT2D eigenvalue weighted by atomic mass is 16.6. The normalized spacial score (nSPS) is 10.3. The minimum absolute atomic E-state index is 0.0489. The second kappa shape index (κ2) is 8.94. The van der Waals surface area contributed by atoms with E-state index in [1.807, 2.05) is 0 Å². The topological polar surface area (TPSA) is 132 Å². The number of nitrogens with zero attached hydrogens (tertiary/aromatic N) is 2. The molecule has 0 fully saturated rings. The van der Waals surface area contributed by atoms with Crippen molar-refractivity contribution in [1.29, 1.82) is 0 Å². The lowest BCUT2D eigenvalue weighted by Crippen LogP contribution is -2.24. The van der Waals surface area contributed by atoms with Crippen molar-refractivity contribution in [3.63, 3.8) is 0 Å². The van der Waals surface area contributed by atoms with E-state index in [0.717, 1.165) is 13.1 Å². The Kier molecular flexibility index (Phi) is 6.42. The minimum Gasteiger partial charge on any atom is -0.488 e. The van der Waals surface area contributed by atoms with E-state index >= 15 is 0 Å². The van der Waals surface area contributed by atoms with Gasteiger partial charge in [0.15, 0.2) is 5.75 Å². The lowest BCUT2D eigenvalue weighted by molar-refractivity contribution is -0.385. The third-order valence-electron chi connectivity index (χ3n) is 3.17. The first-order chi connectivity index (χ1) is 12.9. The van der Waals surface area contributed by atoms with E-state index in [1.54, 1.807) is 30.3 Å². The van der Waals surface area contributed by atoms with Gasteiger partial charge in [-0.05, 0) is 24.3 Å². The van der Waals surface area contributed by atoms with Crippen LogP contribution in [0.2, 0.25) is 0 Å². The Morgan fingerprint density at radius 2 is 1.89 bits per heavy atom. The lowest BCUT2D eigenvalue weighted by Gasteiger charge is -2.09. The van der Waals surface area contributed by atoms with Crippen LogP contribution in [0.3, 0.4) is 0 Å². The highest BCUT2D eigenvalue weighted by molar-refractivity contribution is 5.92. The van der Waals surface area contributed by atoms with E-state index in [9.17, 15) is 19.7 Å². The van der Waals surface area contributed by atoms with Gasteiger partial charge < -0.3 is 14.8 Å². The fourth-order valence-corrected chi connectivity index (χ4v) is 2.13. The van der Waals surface area contributed by atoms with Crippen LogP contribution < -0.4 is 20.2 Å². The Bertz CT molecular complexity index is 882. The predicted octanol–water partition coefficient (Wildman–Crippen LogP) is 2.68. The molecule has 0 aliphatic carbocycles. The SMILES string of the molecule is COc1c(OC(C)=O)ccc(/C=N\NC(=O)Nc2ccccc2)c1[N+](=O)[O-]. The van der Waals surface area contributed by atoms with Gasteiger partial charge in [0.2, 0.25) is 5.75 Å². The van der Waals surface area contributed by atoms with Crippen molar-refractivity contribution in [2.24, 2.45) is 5.10 Å². The fourth-order valence-electron chi connectivity index (χ4n) is 2.13. The number of urea groups is 1. The number of nitro groups is 1. The van der Waals surface area contributed by atoms with Crippen LogP contribution in [0.4, 0.5) is 16.2 Å². The van der Waals surface area contributed by atoms with Gasteiger partial charge in [-0.3, -0.25) is 14.9 Å². The number of anilines is 1. The molecule has 0 spiro atoms. The number of hydrogen-bond donors (Lipinski definition) is 2. The average molecular weight is 372 g/mol. The molecule has 140 valence electrons. The van der Waals surface area contributed by atoms with Crippen LogP contribution >= 0.6 is 0 Å². The maximum absolute atomic E-state index is 11.8. The number of methoxy groups -OCH3 is 1. The number of nitrogens with one attached hydrogen (secondary N) is 2. The smallest absolute Gasteiger partial charge is 0.339 e. The number of hydrogen-bond acceptors (Lipinski definition) is 7. The predicted molar refractivity (Wildman–Crippen MR) is 97.1 cm³/mol.